The Bertz CT molecular complexity index is 1310. The van der Waals surface area contributed by atoms with Gasteiger partial charge in [-0.1, -0.05) is 78.9 Å². The van der Waals surface area contributed by atoms with Gasteiger partial charge in [0.05, 0.1) is 10.8 Å². The fourth-order valence-corrected chi connectivity index (χ4v) is 3.49. The molecule has 0 aliphatic carbocycles. The van der Waals surface area contributed by atoms with Gasteiger partial charge in [0.1, 0.15) is 6.33 Å². The summed E-state index contributed by atoms with van der Waals surface area (Å²) >= 11 is 0. The Labute approximate surface area is 205 Å². The number of benzene rings is 3. The van der Waals surface area contributed by atoms with Crippen LogP contribution in [0.4, 0.5) is 17.3 Å². The van der Waals surface area contributed by atoms with Crippen LogP contribution < -0.4 is 21.7 Å². The van der Waals surface area contributed by atoms with Crippen molar-refractivity contribution in [2.45, 2.75) is 5.92 Å². The molecule has 180 valence electrons. The minimum absolute atomic E-state index is 0.264. The minimum atomic E-state index is -0.725. The molecule has 0 saturated carbocycles. The average Bonchev–Trinajstić information content (AvgIpc) is 2.92. The van der Waals surface area contributed by atoms with Crippen LogP contribution in [0.5, 0.6) is 0 Å². The molecule has 4 aromatic rings. The number of carbonyl (C=O) groups is 2. The first-order valence-corrected chi connectivity index (χ1v) is 10.8. The molecule has 4 N–H and O–H groups in total. The van der Waals surface area contributed by atoms with Crippen LogP contribution in [0.25, 0.3) is 0 Å². The number of amides is 2. The normalized spacial score (nSPS) is 10.4. The summed E-state index contributed by atoms with van der Waals surface area (Å²) < 4.78 is 0. The lowest BCUT2D eigenvalue weighted by Crippen LogP contribution is -2.35. The molecule has 4 rings (SSSR count). The summed E-state index contributed by atoms with van der Waals surface area (Å²) in [6.07, 6.45) is 1.06. The second kappa shape index (κ2) is 11.2. The van der Waals surface area contributed by atoms with E-state index >= 15 is 0 Å². The Morgan fingerprint density at radius 1 is 0.722 bits per heavy atom. The molecule has 0 spiro atoms. The summed E-state index contributed by atoms with van der Waals surface area (Å²) in [6, 6.07) is 26.6. The van der Waals surface area contributed by atoms with Crippen LogP contribution in [0.2, 0.25) is 0 Å². The third kappa shape index (κ3) is 5.59. The van der Waals surface area contributed by atoms with Gasteiger partial charge in [-0.05, 0) is 23.3 Å². The van der Waals surface area contributed by atoms with E-state index in [2.05, 4.69) is 31.7 Å². The van der Waals surface area contributed by atoms with E-state index in [0.29, 0.717) is 5.56 Å². The molecule has 2 amide bonds. The average molecular weight is 483 g/mol. The van der Waals surface area contributed by atoms with Gasteiger partial charge in [-0.25, -0.2) is 9.97 Å². The topological polar surface area (TPSA) is 151 Å². The van der Waals surface area contributed by atoms with Gasteiger partial charge in [0, 0.05) is 5.56 Å². The summed E-state index contributed by atoms with van der Waals surface area (Å²) in [4.78, 5) is 44.3. The van der Waals surface area contributed by atoms with Crippen LogP contribution in [-0.4, -0.2) is 26.7 Å². The molecule has 0 bridgehead atoms. The first-order chi connectivity index (χ1) is 17.5. The zero-order valence-corrected chi connectivity index (χ0v) is 18.8. The number of aromatic nitrogens is 2. The number of anilines is 2. The van der Waals surface area contributed by atoms with E-state index in [4.69, 9.17) is 0 Å². The quantitative estimate of drug-likeness (QED) is 0.209. The smallest absolute Gasteiger partial charge is 0.276 e. The summed E-state index contributed by atoms with van der Waals surface area (Å²) in [6.45, 7) is 0. The maximum absolute atomic E-state index is 13.2. The summed E-state index contributed by atoms with van der Waals surface area (Å²) in [7, 11) is 0. The van der Waals surface area contributed by atoms with Crippen molar-refractivity contribution in [2.75, 3.05) is 10.9 Å². The van der Waals surface area contributed by atoms with Gasteiger partial charge in [0.15, 0.2) is 0 Å². The Morgan fingerprint density at radius 3 is 1.69 bits per heavy atom. The molecule has 11 heteroatoms. The Morgan fingerprint density at radius 2 is 1.19 bits per heavy atom. The number of hydrogen-bond acceptors (Lipinski definition) is 8. The molecule has 36 heavy (non-hydrogen) atoms. The Kier molecular flexibility index (Phi) is 7.41. The van der Waals surface area contributed by atoms with Crippen LogP contribution in [0.15, 0.2) is 97.3 Å². The highest BCUT2D eigenvalue weighted by atomic mass is 16.6. The van der Waals surface area contributed by atoms with Crippen LogP contribution >= 0.6 is 0 Å². The molecule has 0 fully saturated rings. The van der Waals surface area contributed by atoms with Crippen molar-refractivity contribution in [3.8, 4) is 0 Å². The molecular formula is C25H21N7O4. The van der Waals surface area contributed by atoms with E-state index in [1.54, 1.807) is 30.3 Å². The largest absolute Gasteiger partial charge is 0.356 e. The van der Waals surface area contributed by atoms with Crippen molar-refractivity contribution >= 4 is 29.1 Å². The van der Waals surface area contributed by atoms with E-state index in [-0.39, 0.29) is 11.6 Å². The summed E-state index contributed by atoms with van der Waals surface area (Å²) in [5.41, 5.74) is 11.1. The Balaban J connectivity index is 1.52. The van der Waals surface area contributed by atoms with Crippen LogP contribution in [-0.2, 0) is 4.79 Å². The lowest BCUT2D eigenvalue weighted by molar-refractivity contribution is -0.383. The zero-order valence-electron chi connectivity index (χ0n) is 18.8. The number of nitrogens with zero attached hydrogens (tertiary/aromatic N) is 3. The fourth-order valence-electron chi connectivity index (χ4n) is 3.49. The van der Waals surface area contributed by atoms with Crippen molar-refractivity contribution in [2.24, 2.45) is 0 Å². The maximum atomic E-state index is 13.2. The maximum Gasteiger partial charge on any atom is 0.356 e. The zero-order chi connectivity index (χ0) is 25.3. The summed E-state index contributed by atoms with van der Waals surface area (Å²) in [5, 5.41) is 11.8. The van der Waals surface area contributed by atoms with Crippen LogP contribution in [0.3, 0.4) is 0 Å². The summed E-state index contributed by atoms with van der Waals surface area (Å²) in [5.74, 6) is -2.17. The predicted octanol–water partition coefficient (Wildman–Crippen LogP) is 3.42. The highest BCUT2D eigenvalue weighted by molar-refractivity contribution is 5.95. The molecular weight excluding hydrogens is 462 g/mol. The van der Waals surface area contributed by atoms with Gasteiger partial charge in [-0.15, -0.1) is 0 Å². The van der Waals surface area contributed by atoms with Gasteiger partial charge < -0.3 is 0 Å². The van der Waals surface area contributed by atoms with Crippen molar-refractivity contribution < 1.29 is 14.5 Å². The highest BCUT2D eigenvalue weighted by Gasteiger charge is 2.26. The molecule has 0 saturated heterocycles. The molecule has 0 aliphatic heterocycles. The number of nitro groups is 1. The predicted molar refractivity (Wildman–Crippen MR) is 133 cm³/mol. The van der Waals surface area contributed by atoms with E-state index in [1.807, 2.05) is 60.7 Å². The first kappa shape index (κ1) is 23.8. The SMILES string of the molecule is O=C(NNc1ncnc(NNC(=O)C(c2ccccc2)c2ccccc2)c1[N+](=O)[O-])c1ccccc1. The second-order valence-electron chi connectivity index (χ2n) is 7.49. The molecule has 0 unspecified atom stereocenters. The fraction of sp³-hybridized carbons (Fsp3) is 0.0400. The molecule has 3 aromatic carbocycles. The van der Waals surface area contributed by atoms with Gasteiger partial charge >= 0.3 is 5.69 Å². The lowest BCUT2D eigenvalue weighted by atomic mass is 9.91. The number of nitrogens with one attached hydrogen (secondary N) is 4. The number of hydrogen-bond donors (Lipinski definition) is 4. The number of hydrazine groups is 2. The molecule has 1 aromatic heterocycles. The third-order valence-corrected chi connectivity index (χ3v) is 5.17. The van der Waals surface area contributed by atoms with Crippen molar-refractivity contribution in [1.29, 1.82) is 0 Å². The molecule has 0 radical (unpaired) electrons. The van der Waals surface area contributed by atoms with Gasteiger partial charge in [-0.3, -0.25) is 41.4 Å². The third-order valence-electron chi connectivity index (χ3n) is 5.17. The van der Waals surface area contributed by atoms with Gasteiger partial charge in [0.25, 0.3) is 5.91 Å². The monoisotopic (exact) mass is 483 g/mol. The minimum Gasteiger partial charge on any atom is -0.276 e. The van der Waals surface area contributed by atoms with E-state index in [0.717, 1.165) is 17.5 Å². The highest BCUT2D eigenvalue weighted by Crippen LogP contribution is 2.29. The van der Waals surface area contributed by atoms with Crippen molar-refractivity contribution in [1.82, 2.24) is 20.8 Å². The van der Waals surface area contributed by atoms with Crippen molar-refractivity contribution in [3.05, 3.63) is 124 Å². The molecule has 11 nitrogen and oxygen atoms in total. The molecule has 0 atom stereocenters. The van der Waals surface area contributed by atoms with Crippen LogP contribution in [0, 0.1) is 10.1 Å². The number of carbonyl (C=O) groups excluding carboxylic acids is 2. The molecule has 0 aliphatic rings. The first-order valence-electron chi connectivity index (χ1n) is 10.8. The van der Waals surface area contributed by atoms with Crippen molar-refractivity contribution in [3.63, 3.8) is 0 Å². The second-order valence-corrected chi connectivity index (χ2v) is 7.49. The Hall–Kier alpha value is -5.32. The van der Waals surface area contributed by atoms with E-state index < -0.39 is 28.3 Å². The standard InChI is InChI=1S/C25H21N7O4/c33-24(19-14-8-3-9-15-19)30-28-22-21(32(35)36)23(27-16-26-22)29-31-25(34)20(17-10-4-1-5-11-17)18-12-6-2-7-13-18/h1-16,20H,(H,30,33)(H,31,34)(H2,26,27,28,29). The van der Waals surface area contributed by atoms with E-state index in [9.17, 15) is 19.7 Å². The van der Waals surface area contributed by atoms with Crippen LogP contribution in [0.1, 0.15) is 27.4 Å². The van der Waals surface area contributed by atoms with E-state index in [1.165, 1.54) is 0 Å². The van der Waals surface area contributed by atoms with Gasteiger partial charge in [0.2, 0.25) is 17.5 Å². The lowest BCUT2D eigenvalue weighted by Gasteiger charge is -2.18. The molecule has 1 heterocycles. The van der Waals surface area contributed by atoms with Gasteiger partial charge in [-0.2, -0.15) is 0 Å². The number of rotatable bonds is 9.